The lowest BCUT2D eigenvalue weighted by Gasteiger charge is -2.04. The van der Waals surface area contributed by atoms with E-state index in [2.05, 4.69) is 9.72 Å². The van der Waals surface area contributed by atoms with Crippen LogP contribution in [0.1, 0.15) is 5.56 Å². The van der Waals surface area contributed by atoms with Crippen molar-refractivity contribution in [2.75, 3.05) is 14.2 Å². The van der Waals surface area contributed by atoms with E-state index in [-0.39, 0.29) is 0 Å². The van der Waals surface area contributed by atoms with Gasteiger partial charge in [-0.3, -0.25) is 4.98 Å². The van der Waals surface area contributed by atoms with E-state index < -0.39 is 5.97 Å². The van der Waals surface area contributed by atoms with Gasteiger partial charge in [0.15, 0.2) is 0 Å². The lowest BCUT2D eigenvalue weighted by Crippen LogP contribution is -1.98. The van der Waals surface area contributed by atoms with Crippen molar-refractivity contribution in [2.45, 2.75) is 0 Å². The SMILES string of the molecule is COC(=O)C=C(OC)c1cccnc1. The largest absolute Gasteiger partial charge is 0.496 e. The smallest absolute Gasteiger partial charge is 0.334 e. The Morgan fingerprint density at radius 3 is 2.71 bits per heavy atom. The monoisotopic (exact) mass is 193 g/mol. The van der Waals surface area contributed by atoms with E-state index in [1.54, 1.807) is 24.5 Å². The van der Waals surface area contributed by atoms with Crippen LogP contribution >= 0.6 is 0 Å². The molecule has 0 aromatic carbocycles. The molecule has 1 aromatic heterocycles. The Morgan fingerprint density at radius 2 is 2.21 bits per heavy atom. The standard InChI is InChI=1S/C10H11NO3/c1-13-9(6-10(12)14-2)8-4-3-5-11-7-8/h3-7H,1-2H3. The Balaban J connectivity index is 2.93. The number of ether oxygens (including phenoxy) is 2. The van der Waals surface area contributed by atoms with E-state index in [0.29, 0.717) is 5.76 Å². The highest BCUT2D eigenvalue weighted by molar-refractivity contribution is 5.89. The van der Waals surface area contributed by atoms with E-state index >= 15 is 0 Å². The predicted molar refractivity (Wildman–Crippen MR) is 51.2 cm³/mol. The highest BCUT2D eigenvalue weighted by Crippen LogP contribution is 2.12. The molecular formula is C10H11NO3. The summed E-state index contributed by atoms with van der Waals surface area (Å²) in [6.07, 6.45) is 4.53. The first-order valence-electron chi connectivity index (χ1n) is 4.02. The minimum Gasteiger partial charge on any atom is -0.496 e. The predicted octanol–water partition coefficient (Wildman–Crippen LogP) is 1.24. The van der Waals surface area contributed by atoms with Crippen LogP contribution in [0.25, 0.3) is 5.76 Å². The maximum atomic E-state index is 11.0. The molecule has 1 rings (SSSR count). The maximum absolute atomic E-state index is 11.0. The molecule has 0 N–H and O–H groups in total. The molecule has 0 unspecified atom stereocenters. The Hall–Kier alpha value is -1.84. The second-order valence-electron chi connectivity index (χ2n) is 2.48. The summed E-state index contributed by atoms with van der Waals surface area (Å²) in [6.45, 7) is 0. The molecule has 0 saturated carbocycles. The van der Waals surface area contributed by atoms with Crippen molar-refractivity contribution < 1.29 is 14.3 Å². The Labute approximate surface area is 82.2 Å². The average Bonchev–Trinajstić information content (AvgIpc) is 2.26. The van der Waals surface area contributed by atoms with Crippen LogP contribution in [0.3, 0.4) is 0 Å². The van der Waals surface area contributed by atoms with E-state index in [0.717, 1.165) is 5.56 Å². The number of aromatic nitrogens is 1. The van der Waals surface area contributed by atoms with Gasteiger partial charge in [0, 0.05) is 18.0 Å². The minimum absolute atomic E-state index is 0.435. The molecule has 14 heavy (non-hydrogen) atoms. The van der Waals surface area contributed by atoms with Gasteiger partial charge < -0.3 is 9.47 Å². The molecule has 0 spiro atoms. The fraction of sp³-hybridized carbons (Fsp3) is 0.200. The highest BCUT2D eigenvalue weighted by Gasteiger charge is 2.04. The van der Waals surface area contributed by atoms with Crippen molar-refractivity contribution in [3.8, 4) is 0 Å². The molecule has 0 aliphatic carbocycles. The van der Waals surface area contributed by atoms with Gasteiger partial charge in [-0.05, 0) is 12.1 Å². The molecule has 74 valence electrons. The van der Waals surface area contributed by atoms with E-state index in [9.17, 15) is 4.79 Å². The summed E-state index contributed by atoms with van der Waals surface area (Å²) in [5, 5.41) is 0. The van der Waals surface area contributed by atoms with Crippen molar-refractivity contribution in [1.82, 2.24) is 4.98 Å². The Morgan fingerprint density at radius 1 is 1.43 bits per heavy atom. The zero-order valence-electron chi connectivity index (χ0n) is 8.06. The van der Waals surface area contributed by atoms with Gasteiger partial charge in [0.25, 0.3) is 0 Å². The van der Waals surface area contributed by atoms with E-state index in [1.165, 1.54) is 20.3 Å². The van der Waals surface area contributed by atoms with Gasteiger partial charge >= 0.3 is 5.97 Å². The molecule has 0 bridgehead atoms. The average molecular weight is 193 g/mol. The van der Waals surface area contributed by atoms with Crippen molar-refractivity contribution >= 4 is 11.7 Å². The molecule has 0 fully saturated rings. The summed E-state index contributed by atoms with van der Waals surface area (Å²) in [4.78, 5) is 14.9. The van der Waals surface area contributed by atoms with Crippen LogP contribution in [0.4, 0.5) is 0 Å². The molecule has 4 nitrogen and oxygen atoms in total. The summed E-state index contributed by atoms with van der Waals surface area (Å²) in [6, 6.07) is 3.56. The molecule has 1 aromatic rings. The van der Waals surface area contributed by atoms with Gasteiger partial charge in [-0.15, -0.1) is 0 Å². The number of methoxy groups -OCH3 is 2. The first-order valence-corrected chi connectivity index (χ1v) is 4.02. The Bertz CT molecular complexity index is 332. The zero-order valence-corrected chi connectivity index (χ0v) is 8.06. The van der Waals surface area contributed by atoms with Crippen LogP contribution in [-0.2, 0) is 14.3 Å². The summed E-state index contributed by atoms with van der Waals surface area (Å²) in [7, 11) is 2.80. The van der Waals surface area contributed by atoms with Crippen LogP contribution in [0, 0.1) is 0 Å². The quantitative estimate of drug-likeness (QED) is 0.411. The van der Waals surface area contributed by atoms with Gasteiger partial charge in [0.05, 0.1) is 20.3 Å². The molecular weight excluding hydrogens is 182 g/mol. The Kier molecular flexibility index (Phi) is 3.67. The van der Waals surface area contributed by atoms with Crippen molar-refractivity contribution in [1.29, 1.82) is 0 Å². The summed E-state index contributed by atoms with van der Waals surface area (Å²) >= 11 is 0. The summed E-state index contributed by atoms with van der Waals surface area (Å²) in [5.74, 6) is -0.0179. The zero-order chi connectivity index (χ0) is 10.4. The number of nitrogens with zero attached hydrogens (tertiary/aromatic N) is 1. The molecule has 0 amide bonds. The lowest BCUT2D eigenvalue weighted by atomic mass is 10.2. The second kappa shape index (κ2) is 5.01. The van der Waals surface area contributed by atoms with E-state index in [1.807, 2.05) is 0 Å². The van der Waals surface area contributed by atoms with Gasteiger partial charge in [-0.25, -0.2) is 4.79 Å². The fourth-order valence-corrected chi connectivity index (χ4v) is 0.935. The third-order valence-corrected chi connectivity index (χ3v) is 1.62. The minimum atomic E-state index is -0.453. The van der Waals surface area contributed by atoms with Crippen LogP contribution in [0.15, 0.2) is 30.6 Å². The van der Waals surface area contributed by atoms with Crippen molar-refractivity contribution in [3.05, 3.63) is 36.2 Å². The third-order valence-electron chi connectivity index (χ3n) is 1.62. The molecule has 0 atom stereocenters. The van der Waals surface area contributed by atoms with Gasteiger partial charge in [0.2, 0.25) is 0 Å². The van der Waals surface area contributed by atoms with Crippen molar-refractivity contribution in [2.24, 2.45) is 0 Å². The van der Waals surface area contributed by atoms with Crippen LogP contribution in [0.2, 0.25) is 0 Å². The molecule has 4 heteroatoms. The first kappa shape index (κ1) is 10.2. The van der Waals surface area contributed by atoms with Crippen molar-refractivity contribution in [3.63, 3.8) is 0 Å². The number of hydrogen-bond donors (Lipinski definition) is 0. The number of carbonyl (C=O) groups excluding carboxylic acids is 1. The second-order valence-corrected chi connectivity index (χ2v) is 2.48. The van der Waals surface area contributed by atoms with Crippen LogP contribution in [0.5, 0.6) is 0 Å². The molecule has 0 radical (unpaired) electrons. The fourth-order valence-electron chi connectivity index (χ4n) is 0.935. The molecule has 0 saturated heterocycles. The van der Waals surface area contributed by atoms with E-state index in [4.69, 9.17) is 4.74 Å². The number of rotatable bonds is 3. The van der Waals surface area contributed by atoms with Gasteiger partial charge in [-0.2, -0.15) is 0 Å². The number of pyridine rings is 1. The first-order chi connectivity index (χ1) is 6.77. The summed E-state index contributed by atoms with van der Waals surface area (Å²) in [5.41, 5.74) is 0.736. The third kappa shape index (κ3) is 2.58. The number of hydrogen-bond acceptors (Lipinski definition) is 4. The number of carbonyl (C=O) groups is 1. The summed E-state index contributed by atoms with van der Waals surface area (Å²) < 4.78 is 9.52. The van der Waals surface area contributed by atoms with Crippen LogP contribution in [-0.4, -0.2) is 25.2 Å². The van der Waals surface area contributed by atoms with Crippen LogP contribution < -0.4 is 0 Å². The number of esters is 1. The van der Waals surface area contributed by atoms with Gasteiger partial charge in [-0.1, -0.05) is 0 Å². The highest BCUT2D eigenvalue weighted by atomic mass is 16.5. The lowest BCUT2D eigenvalue weighted by molar-refractivity contribution is -0.134. The maximum Gasteiger partial charge on any atom is 0.334 e. The molecule has 0 aliphatic rings. The molecule has 1 heterocycles. The van der Waals surface area contributed by atoms with Gasteiger partial charge in [0.1, 0.15) is 5.76 Å². The molecule has 0 aliphatic heterocycles. The normalized spacial score (nSPS) is 10.9. The topological polar surface area (TPSA) is 48.4 Å².